The Balaban J connectivity index is 1.45. The van der Waals surface area contributed by atoms with Gasteiger partial charge in [-0.05, 0) is 43.7 Å². The lowest BCUT2D eigenvalue weighted by Crippen LogP contribution is -2.47. The number of nitrogens with two attached hydrogens (primary N) is 1. The van der Waals surface area contributed by atoms with Crippen molar-refractivity contribution < 1.29 is 51.6 Å². The molecule has 52 heavy (non-hydrogen) atoms. The molecule has 0 spiro atoms. The Bertz CT molecular complexity index is 1800. The van der Waals surface area contributed by atoms with Crippen LogP contribution in [-0.2, 0) is 45.5 Å². The van der Waals surface area contributed by atoms with E-state index >= 15 is 4.39 Å². The third-order valence-corrected chi connectivity index (χ3v) is 9.19. The number of aliphatic carboxylic acids is 1. The van der Waals surface area contributed by atoms with Crippen LogP contribution in [0, 0.1) is 28.8 Å². The first-order valence-corrected chi connectivity index (χ1v) is 16.9. The molecule has 17 heteroatoms. The minimum atomic E-state index is -1.77. The van der Waals surface area contributed by atoms with E-state index in [0.29, 0.717) is 11.6 Å². The molecule has 0 saturated carbocycles. The lowest BCUT2D eigenvalue weighted by atomic mass is 9.89. The number of benzene rings is 2. The van der Waals surface area contributed by atoms with Gasteiger partial charge in [0.05, 0.1) is 49.7 Å². The molecule has 3 N–H and O–H groups in total. The highest BCUT2D eigenvalue weighted by Crippen LogP contribution is 2.42. The van der Waals surface area contributed by atoms with Gasteiger partial charge < -0.3 is 29.8 Å². The quantitative estimate of drug-likeness (QED) is 0.113. The molecule has 3 atom stereocenters. The Labute approximate surface area is 301 Å². The molecular weight excluding hydrogens is 707 g/mol. The van der Waals surface area contributed by atoms with Crippen LogP contribution in [0.15, 0.2) is 67.3 Å². The number of carboxylic acid groups (broad SMARTS) is 1. The first kappa shape index (κ1) is 39.8. The van der Waals surface area contributed by atoms with Crippen LogP contribution in [0.4, 0.5) is 13.2 Å². The number of carbonyl (C=O) groups excluding carboxylic acids is 2. The largest absolute Gasteiger partial charge is 0.481 e. The number of carbonyl (C=O) groups is 3. The standard InChI is InChI=1S/C35H36F3N5O8S/c1-22(52-26-17-49-33(50-18-26)7-3-2-5-24-9-8-23(16-39)13-28(24)37)35(19-43-21-41-20-42-43,27-11-10-25(36)14-29(27)38)51-32(46)6-4-12-48-34(47)30(40)15-31(44)45/h2-3,5,7-11,13-14,20-22,26,30,33H,4,6,12,15,17-19,40H2,1H3,(H,44,45)/b5-2+,7-3+/t22-,26?,30+,33?,35-/m1/s1. The number of ether oxygens (including phenoxy) is 4. The van der Waals surface area contributed by atoms with E-state index in [-0.39, 0.29) is 55.6 Å². The van der Waals surface area contributed by atoms with Gasteiger partial charge in [0.1, 0.15) is 36.1 Å². The normalized spacial score (nSPS) is 18.4. The molecule has 0 bridgehead atoms. The summed E-state index contributed by atoms with van der Waals surface area (Å²) in [7, 11) is 0. The van der Waals surface area contributed by atoms with E-state index in [4.69, 9.17) is 35.0 Å². The summed E-state index contributed by atoms with van der Waals surface area (Å²) >= 11 is 1.29. The van der Waals surface area contributed by atoms with Gasteiger partial charge in [0.15, 0.2) is 11.9 Å². The van der Waals surface area contributed by atoms with Gasteiger partial charge in [-0.3, -0.25) is 14.4 Å². The second kappa shape index (κ2) is 19.0. The van der Waals surface area contributed by atoms with Crippen molar-refractivity contribution in [1.82, 2.24) is 14.8 Å². The first-order chi connectivity index (χ1) is 24.9. The SMILES string of the molecule is C[C@@H](SC1COC(/C=C/C=C/c2ccc(C#N)cc2F)OC1)[C@@](Cn1cncn1)(OC(=O)CCCOC(=O)[C@@H](N)CC(=O)O)c1ccc(F)cc1F. The molecule has 0 radical (unpaired) electrons. The average Bonchev–Trinajstić information content (AvgIpc) is 3.62. The van der Waals surface area contributed by atoms with Crippen LogP contribution in [-0.4, -0.2) is 80.4 Å². The summed E-state index contributed by atoms with van der Waals surface area (Å²) in [5.41, 5.74) is 4.13. The van der Waals surface area contributed by atoms with Gasteiger partial charge in [0.2, 0.25) is 0 Å². The van der Waals surface area contributed by atoms with E-state index in [0.717, 1.165) is 12.1 Å². The first-order valence-electron chi connectivity index (χ1n) is 16.0. The maximum atomic E-state index is 15.6. The summed E-state index contributed by atoms with van der Waals surface area (Å²) in [6, 6.07) is 7.58. The smallest absolute Gasteiger partial charge is 0.323 e. The molecule has 0 amide bonds. The number of thioether (sulfide) groups is 1. The Morgan fingerprint density at radius 2 is 1.94 bits per heavy atom. The number of aromatic nitrogens is 3. The summed E-state index contributed by atoms with van der Waals surface area (Å²) in [4.78, 5) is 40.1. The highest BCUT2D eigenvalue weighted by Gasteiger charge is 2.46. The zero-order valence-electron chi connectivity index (χ0n) is 27.9. The van der Waals surface area contributed by atoms with Crippen molar-refractivity contribution in [3.8, 4) is 6.07 Å². The van der Waals surface area contributed by atoms with Gasteiger partial charge in [-0.15, -0.1) is 11.8 Å². The lowest BCUT2D eigenvalue weighted by molar-refractivity contribution is -0.164. The number of carboxylic acids is 1. The minimum absolute atomic E-state index is 0.0198. The number of esters is 2. The predicted octanol–water partition coefficient (Wildman–Crippen LogP) is 4.26. The van der Waals surface area contributed by atoms with Gasteiger partial charge >= 0.3 is 17.9 Å². The van der Waals surface area contributed by atoms with Crippen LogP contribution < -0.4 is 5.73 Å². The number of halogens is 3. The molecule has 4 rings (SSSR count). The fourth-order valence-corrected chi connectivity index (χ4v) is 6.51. The zero-order valence-corrected chi connectivity index (χ0v) is 28.7. The van der Waals surface area contributed by atoms with E-state index in [1.165, 1.54) is 53.4 Å². The van der Waals surface area contributed by atoms with E-state index in [1.807, 2.05) is 6.07 Å². The Morgan fingerprint density at radius 1 is 1.17 bits per heavy atom. The second-order valence-corrected chi connectivity index (χ2v) is 13.2. The van der Waals surface area contributed by atoms with Gasteiger partial charge in [0, 0.05) is 28.9 Å². The van der Waals surface area contributed by atoms with Crippen molar-refractivity contribution in [1.29, 1.82) is 5.26 Å². The molecule has 2 heterocycles. The summed E-state index contributed by atoms with van der Waals surface area (Å²) < 4.78 is 67.9. The maximum Gasteiger partial charge on any atom is 0.323 e. The number of rotatable bonds is 17. The van der Waals surface area contributed by atoms with Gasteiger partial charge in [-0.1, -0.05) is 24.3 Å². The maximum absolute atomic E-state index is 15.6. The van der Waals surface area contributed by atoms with Crippen molar-refractivity contribution >= 4 is 35.7 Å². The molecule has 276 valence electrons. The molecule has 13 nitrogen and oxygen atoms in total. The fraction of sp³-hybridized carbons (Fsp3) is 0.371. The van der Waals surface area contributed by atoms with Crippen molar-refractivity contribution in [2.45, 2.75) is 61.2 Å². The third-order valence-electron chi connectivity index (χ3n) is 7.74. The number of nitriles is 1. The summed E-state index contributed by atoms with van der Waals surface area (Å²) in [6.45, 7) is 1.61. The molecule has 1 saturated heterocycles. The Hall–Kier alpha value is -5.02. The average molecular weight is 744 g/mol. The molecule has 1 fully saturated rings. The summed E-state index contributed by atoms with van der Waals surface area (Å²) in [6.07, 6.45) is 7.35. The lowest BCUT2D eigenvalue weighted by Gasteiger charge is -2.40. The molecule has 0 aliphatic carbocycles. The monoisotopic (exact) mass is 743 g/mol. The van der Waals surface area contributed by atoms with Gasteiger partial charge in [0.25, 0.3) is 0 Å². The third kappa shape index (κ3) is 11.2. The van der Waals surface area contributed by atoms with Crippen molar-refractivity contribution in [3.05, 3.63) is 101 Å². The predicted molar refractivity (Wildman–Crippen MR) is 180 cm³/mol. The van der Waals surface area contributed by atoms with Gasteiger partial charge in [-0.25, -0.2) is 22.8 Å². The molecular formula is C35H36F3N5O8S. The highest BCUT2D eigenvalue weighted by molar-refractivity contribution is 8.00. The van der Waals surface area contributed by atoms with Crippen LogP contribution >= 0.6 is 11.8 Å². The number of allylic oxidation sites excluding steroid dienone is 2. The molecule has 3 aromatic rings. The zero-order chi connectivity index (χ0) is 37.7. The molecule has 1 aliphatic rings. The van der Waals surface area contributed by atoms with E-state index in [1.54, 1.807) is 25.2 Å². The van der Waals surface area contributed by atoms with Crippen LogP contribution in [0.25, 0.3) is 6.08 Å². The van der Waals surface area contributed by atoms with E-state index in [2.05, 4.69) is 10.1 Å². The number of hydrogen-bond donors (Lipinski definition) is 2. The summed E-state index contributed by atoms with van der Waals surface area (Å²) in [5.74, 6) is -5.35. The molecule has 2 aromatic carbocycles. The van der Waals surface area contributed by atoms with E-state index in [9.17, 15) is 23.2 Å². The van der Waals surface area contributed by atoms with Crippen molar-refractivity contribution in [2.24, 2.45) is 5.73 Å². The van der Waals surface area contributed by atoms with Crippen molar-refractivity contribution in [2.75, 3.05) is 19.8 Å². The Kier molecular flexibility index (Phi) is 14.5. The van der Waals surface area contributed by atoms with E-state index < -0.39 is 65.0 Å². The van der Waals surface area contributed by atoms with Crippen molar-refractivity contribution in [3.63, 3.8) is 0 Å². The minimum Gasteiger partial charge on any atom is -0.481 e. The van der Waals surface area contributed by atoms with Crippen LogP contribution in [0.5, 0.6) is 0 Å². The summed E-state index contributed by atoms with van der Waals surface area (Å²) in [5, 5.41) is 20.8. The Morgan fingerprint density at radius 3 is 2.60 bits per heavy atom. The molecule has 0 unspecified atom stereocenters. The molecule has 1 aliphatic heterocycles. The van der Waals surface area contributed by atoms with Crippen LogP contribution in [0.2, 0.25) is 0 Å². The number of hydrogen-bond acceptors (Lipinski definition) is 12. The van der Waals surface area contributed by atoms with Gasteiger partial charge in [-0.2, -0.15) is 10.4 Å². The number of nitrogens with zero attached hydrogens (tertiary/aromatic N) is 4. The second-order valence-electron chi connectivity index (χ2n) is 11.6. The topological polar surface area (TPSA) is 189 Å². The van der Waals surface area contributed by atoms with Crippen LogP contribution in [0.3, 0.4) is 0 Å². The fourth-order valence-electron chi connectivity index (χ4n) is 5.15. The highest BCUT2D eigenvalue weighted by atomic mass is 32.2. The van der Waals surface area contributed by atoms with Crippen LogP contribution in [0.1, 0.15) is 42.9 Å². The molecule has 1 aromatic heterocycles.